The van der Waals surface area contributed by atoms with Crippen molar-refractivity contribution < 1.29 is 9.84 Å². The molecule has 8 bridgehead atoms. The van der Waals surface area contributed by atoms with Crippen LogP contribution in [-0.2, 0) is 10.8 Å². The number of methoxy groups -OCH3 is 1. The summed E-state index contributed by atoms with van der Waals surface area (Å²) in [6.45, 7) is 0. The maximum absolute atomic E-state index is 11.4. The van der Waals surface area contributed by atoms with Crippen LogP contribution in [0.25, 0.3) is 0 Å². The highest BCUT2D eigenvalue weighted by Crippen LogP contribution is 2.65. The molecule has 2 nitrogen and oxygen atoms in total. The molecule has 1 aromatic rings. The van der Waals surface area contributed by atoms with Crippen LogP contribution in [0.5, 0.6) is 11.5 Å². The number of phenolic OH excluding ortho intramolecular Hbond substituents is 1. The number of benzene rings is 1. The van der Waals surface area contributed by atoms with Crippen molar-refractivity contribution in [2.45, 2.75) is 87.9 Å². The second-order valence-electron chi connectivity index (χ2n) is 12.5. The van der Waals surface area contributed by atoms with Crippen LogP contribution in [-0.4, -0.2) is 12.2 Å². The maximum atomic E-state index is 11.4. The summed E-state index contributed by atoms with van der Waals surface area (Å²) < 4.78 is 6.08. The van der Waals surface area contributed by atoms with E-state index in [1.807, 2.05) is 7.11 Å². The molecule has 0 amide bonds. The molecule has 0 aromatic heterocycles. The predicted molar refractivity (Wildman–Crippen MR) is 114 cm³/mol. The Kier molecular flexibility index (Phi) is 3.46. The van der Waals surface area contributed by atoms with Gasteiger partial charge in [-0.3, -0.25) is 0 Å². The third-order valence-corrected chi connectivity index (χ3v) is 10.5. The number of ether oxygens (including phenoxy) is 1. The Morgan fingerprint density at radius 2 is 1.03 bits per heavy atom. The molecular formula is C27H36O2. The lowest BCUT2D eigenvalue weighted by molar-refractivity contribution is -0.00851. The summed E-state index contributed by atoms with van der Waals surface area (Å²) in [5.74, 6) is 7.12. The highest BCUT2D eigenvalue weighted by Gasteiger charge is 2.55. The molecular weight excluding hydrogens is 356 g/mol. The number of phenols is 1. The molecule has 1 N–H and O–H groups in total. The summed E-state index contributed by atoms with van der Waals surface area (Å²) >= 11 is 0. The van der Waals surface area contributed by atoms with Crippen LogP contribution in [0, 0.1) is 35.5 Å². The van der Waals surface area contributed by atoms with Crippen molar-refractivity contribution in [3.63, 3.8) is 0 Å². The second kappa shape index (κ2) is 5.74. The van der Waals surface area contributed by atoms with Crippen molar-refractivity contribution in [1.82, 2.24) is 0 Å². The molecule has 8 aliphatic rings. The van der Waals surface area contributed by atoms with Gasteiger partial charge < -0.3 is 9.84 Å². The monoisotopic (exact) mass is 392 g/mol. The van der Waals surface area contributed by atoms with Crippen LogP contribution in [0.2, 0.25) is 0 Å². The minimum absolute atomic E-state index is 0.228. The third-order valence-electron chi connectivity index (χ3n) is 10.5. The van der Waals surface area contributed by atoms with E-state index >= 15 is 0 Å². The Balaban J connectivity index is 1.32. The second-order valence-corrected chi connectivity index (χ2v) is 12.5. The van der Waals surface area contributed by atoms with E-state index in [4.69, 9.17) is 4.74 Å². The number of hydrogen-bond acceptors (Lipinski definition) is 2. The SMILES string of the molecule is COc1cc(C23CC4CC(CC(C4)C2)C3)c(O)cc1C12CC3CC(CC(C3)C1)C2. The van der Waals surface area contributed by atoms with Gasteiger partial charge in [-0.25, -0.2) is 0 Å². The Hall–Kier alpha value is -1.18. The molecule has 156 valence electrons. The number of hydrogen-bond donors (Lipinski definition) is 1. The summed E-state index contributed by atoms with van der Waals surface area (Å²) in [6.07, 6.45) is 16.6. The number of aromatic hydroxyl groups is 1. The zero-order valence-corrected chi connectivity index (χ0v) is 18.0. The molecule has 1 aromatic carbocycles. The Morgan fingerprint density at radius 3 is 1.41 bits per heavy atom. The van der Waals surface area contributed by atoms with Crippen LogP contribution >= 0.6 is 0 Å². The van der Waals surface area contributed by atoms with Gasteiger partial charge in [-0.15, -0.1) is 0 Å². The van der Waals surface area contributed by atoms with E-state index in [2.05, 4.69) is 12.1 Å². The van der Waals surface area contributed by atoms with Crippen molar-refractivity contribution >= 4 is 0 Å². The minimum atomic E-state index is 0.228. The molecule has 0 radical (unpaired) electrons. The summed E-state index contributed by atoms with van der Waals surface area (Å²) in [5, 5.41) is 11.4. The van der Waals surface area contributed by atoms with E-state index in [1.54, 1.807) is 0 Å². The van der Waals surface area contributed by atoms with Crippen LogP contribution in [0.1, 0.15) is 88.2 Å². The number of rotatable bonds is 3. The molecule has 8 aliphatic carbocycles. The Bertz CT molecular complexity index is 782. The minimum Gasteiger partial charge on any atom is -0.508 e. The maximum Gasteiger partial charge on any atom is 0.123 e. The topological polar surface area (TPSA) is 29.5 Å². The highest BCUT2D eigenvalue weighted by molar-refractivity contribution is 5.53. The largest absolute Gasteiger partial charge is 0.508 e. The lowest BCUT2D eigenvalue weighted by Gasteiger charge is -2.58. The molecule has 0 unspecified atom stereocenters. The van der Waals surface area contributed by atoms with E-state index < -0.39 is 0 Å². The van der Waals surface area contributed by atoms with Crippen LogP contribution in [0.4, 0.5) is 0 Å². The van der Waals surface area contributed by atoms with Gasteiger partial charge in [0.2, 0.25) is 0 Å². The fourth-order valence-corrected chi connectivity index (χ4v) is 10.5. The molecule has 29 heavy (non-hydrogen) atoms. The van der Waals surface area contributed by atoms with Gasteiger partial charge in [-0.2, -0.15) is 0 Å². The zero-order chi connectivity index (χ0) is 19.4. The fourth-order valence-electron chi connectivity index (χ4n) is 10.5. The zero-order valence-electron chi connectivity index (χ0n) is 18.0. The smallest absolute Gasteiger partial charge is 0.123 e. The van der Waals surface area contributed by atoms with E-state index in [-0.39, 0.29) is 10.8 Å². The molecule has 9 rings (SSSR count). The van der Waals surface area contributed by atoms with E-state index in [9.17, 15) is 5.11 Å². The van der Waals surface area contributed by atoms with Gasteiger partial charge in [-0.1, -0.05) is 0 Å². The van der Waals surface area contributed by atoms with Gasteiger partial charge in [0.15, 0.2) is 0 Å². The summed E-state index contributed by atoms with van der Waals surface area (Å²) in [6, 6.07) is 4.51. The van der Waals surface area contributed by atoms with E-state index in [1.165, 1.54) is 88.2 Å². The molecule has 2 heteroatoms. The summed E-state index contributed by atoms with van der Waals surface area (Å²) in [7, 11) is 1.86. The first-order valence-electron chi connectivity index (χ1n) is 12.5. The molecule has 0 heterocycles. The average molecular weight is 393 g/mol. The Labute approximate surface area is 175 Å². The van der Waals surface area contributed by atoms with Gasteiger partial charge in [-0.05, 0) is 136 Å². The van der Waals surface area contributed by atoms with Gasteiger partial charge >= 0.3 is 0 Å². The van der Waals surface area contributed by atoms with Crippen molar-refractivity contribution in [2.75, 3.05) is 7.11 Å². The summed E-state index contributed by atoms with van der Waals surface area (Å²) in [5.41, 5.74) is 3.09. The van der Waals surface area contributed by atoms with Crippen molar-refractivity contribution in [1.29, 1.82) is 0 Å². The lowest BCUT2D eigenvalue weighted by Crippen LogP contribution is -2.49. The van der Waals surface area contributed by atoms with Gasteiger partial charge in [0.25, 0.3) is 0 Å². The van der Waals surface area contributed by atoms with Crippen LogP contribution < -0.4 is 4.74 Å². The standard InChI is InChI=1S/C27H36O2/c1-29-25-9-22(26-10-16-2-17(11-26)4-18(3-16)12-26)24(28)8-23(25)27-13-19-5-20(14-27)7-21(6-19)15-27/h8-9,16-21,28H,2-7,10-15H2,1H3. The third kappa shape index (κ3) is 2.41. The molecule has 0 saturated heterocycles. The quantitative estimate of drug-likeness (QED) is 0.651. The molecule has 0 spiro atoms. The van der Waals surface area contributed by atoms with Crippen molar-refractivity contribution in [3.05, 3.63) is 23.3 Å². The Morgan fingerprint density at radius 1 is 0.655 bits per heavy atom. The van der Waals surface area contributed by atoms with Crippen molar-refractivity contribution in [3.8, 4) is 11.5 Å². The lowest BCUT2D eigenvalue weighted by atomic mass is 9.47. The van der Waals surface area contributed by atoms with E-state index in [0.717, 1.165) is 41.3 Å². The summed E-state index contributed by atoms with van der Waals surface area (Å²) in [4.78, 5) is 0. The molecule has 8 saturated carbocycles. The van der Waals surface area contributed by atoms with Gasteiger partial charge in [0.1, 0.15) is 11.5 Å². The first kappa shape index (κ1) is 17.5. The fraction of sp³-hybridized carbons (Fsp3) is 0.778. The van der Waals surface area contributed by atoms with Gasteiger partial charge in [0.05, 0.1) is 7.11 Å². The molecule has 8 fully saturated rings. The molecule has 0 aliphatic heterocycles. The first-order chi connectivity index (χ1) is 14.0. The van der Waals surface area contributed by atoms with Gasteiger partial charge in [0, 0.05) is 11.1 Å². The molecule has 0 atom stereocenters. The average Bonchev–Trinajstić information content (AvgIpc) is 2.65. The highest BCUT2D eigenvalue weighted by atomic mass is 16.5. The first-order valence-corrected chi connectivity index (χ1v) is 12.5. The predicted octanol–water partition coefficient (Wildman–Crippen LogP) is 6.34. The normalized spacial score (nSPS) is 49.0. The van der Waals surface area contributed by atoms with Crippen molar-refractivity contribution in [2.24, 2.45) is 35.5 Å². The van der Waals surface area contributed by atoms with E-state index in [0.29, 0.717) is 5.75 Å². The van der Waals surface area contributed by atoms with Crippen LogP contribution in [0.15, 0.2) is 12.1 Å². The van der Waals surface area contributed by atoms with Crippen LogP contribution in [0.3, 0.4) is 0 Å².